The first-order chi connectivity index (χ1) is 9.70. The Kier molecular flexibility index (Phi) is 4.27. The van der Waals surface area contributed by atoms with Crippen molar-refractivity contribution in [2.75, 3.05) is 26.2 Å². The van der Waals surface area contributed by atoms with E-state index in [0.717, 1.165) is 12.1 Å². The maximum absolute atomic E-state index is 13.2. The minimum Gasteiger partial charge on any atom is -0.336 e. The quantitative estimate of drug-likeness (QED) is 0.745. The lowest BCUT2D eigenvalue weighted by molar-refractivity contribution is 0.0450. The maximum Gasteiger partial charge on any atom is 0.254 e. The second-order valence-corrected chi connectivity index (χ2v) is 6.20. The minimum absolute atomic E-state index is 0.0171. The smallest absolute Gasteiger partial charge is 0.254 e. The highest BCUT2D eigenvalue weighted by molar-refractivity contribution is 5.94. The second kappa shape index (κ2) is 5.67. The molecule has 1 aromatic rings. The molecule has 0 saturated carbocycles. The summed E-state index contributed by atoms with van der Waals surface area (Å²) in [5.74, 6) is -4.70. The topological polar surface area (TPSA) is 23.6 Å². The predicted molar refractivity (Wildman–Crippen MR) is 73.5 cm³/mol. The summed E-state index contributed by atoms with van der Waals surface area (Å²) < 4.78 is 39.3. The molecule has 116 valence electrons. The third kappa shape index (κ3) is 3.37. The lowest BCUT2D eigenvalue weighted by atomic mass is 10.0. The molecular weight excluding hydrogens is 281 g/mol. The summed E-state index contributed by atoms with van der Waals surface area (Å²) in [7, 11) is 0. The van der Waals surface area contributed by atoms with Crippen molar-refractivity contribution in [3.63, 3.8) is 0 Å². The number of nitrogens with zero attached hydrogens (tertiary/aromatic N) is 2. The van der Waals surface area contributed by atoms with Crippen LogP contribution in [0.4, 0.5) is 13.2 Å². The van der Waals surface area contributed by atoms with Gasteiger partial charge >= 0.3 is 0 Å². The van der Waals surface area contributed by atoms with Gasteiger partial charge in [0.1, 0.15) is 0 Å². The molecular formula is C15H19F3N2O. The highest BCUT2D eigenvalue weighted by Crippen LogP contribution is 2.19. The van der Waals surface area contributed by atoms with E-state index in [0.29, 0.717) is 26.2 Å². The van der Waals surface area contributed by atoms with Gasteiger partial charge in [-0.1, -0.05) is 0 Å². The molecule has 1 fully saturated rings. The van der Waals surface area contributed by atoms with Gasteiger partial charge in [-0.2, -0.15) is 0 Å². The van der Waals surface area contributed by atoms with Gasteiger partial charge in [0, 0.05) is 37.3 Å². The first-order valence-corrected chi connectivity index (χ1v) is 6.89. The number of carbonyl (C=O) groups excluding carboxylic acids is 1. The SMILES string of the molecule is CC(C)(C)N1CCN(C(=O)c2cc(F)c(F)c(F)c2)CC1. The largest absolute Gasteiger partial charge is 0.336 e. The predicted octanol–water partition coefficient (Wildman–Crippen LogP) is 2.66. The number of hydrogen-bond donors (Lipinski definition) is 0. The average molecular weight is 300 g/mol. The average Bonchev–Trinajstić information content (AvgIpc) is 2.42. The second-order valence-electron chi connectivity index (χ2n) is 6.20. The molecule has 2 rings (SSSR count). The van der Waals surface area contributed by atoms with Gasteiger partial charge in [0.25, 0.3) is 5.91 Å². The van der Waals surface area contributed by atoms with Crippen LogP contribution in [-0.4, -0.2) is 47.4 Å². The van der Waals surface area contributed by atoms with Crippen molar-refractivity contribution in [2.24, 2.45) is 0 Å². The van der Waals surface area contributed by atoms with Crippen LogP contribution >= 0.6 is 0 Å². The van der Waals surface area contributed by atoms with Gasteiger partial charge in [-0.05, 0) is 32.9 Å². The Hall–Kier alpha value is -1.56. The summed E-state index contributed by atoms with van der Waals surface area (Å²) in [5.41, 5.74) is -0.140. The fourth-order valence-electron chi connectivity index (χ4n) is 2.44. The standard InChI is InChI=1S/C15H19F3N2O/c1-15(2,3)20-6-4-19(5-7-20)14(21)10-8-11(16)13(18)12(17)9-10/h8-9H,4-7H2,1-3H3. The summed E-state index contributed by atoms with van der Waals surface area (Å²) in [5, 5.41) is 0. The molecule has 3 nitrogen and oxygen atoms in total. The molecule has 0 atom stereocenters. The maximum atomic E-state index is 13.2. The van der Waals surface area contributed by atoms with Crippen molar-refractivity contribution in [2.45, 2.75) is 26.3 Å². The molecule has 0 bridgehead atoms. The molecule has 21 heavy (non-hydrogen) atoms. The van der Waals surface area contributed by atoms with E-state index in [9.17, 15) is 18.0 Å². The van der Waals surface area contributed by atoms with E-state index in [-0.39, 0.29) is 11.1 Å². The van der Waals surface area contributed by atoms with Crippen molar-refractivity contribution >= 4 is 5.91 Å². The zero-order chi connectivity index (χ0) is 15.8. The molecule has 1 saturated heterocycles. The third-order valence-electron chi connectivity index (χ3n) is 3.75. The third-order valence-corrected chi connectivity index (χ3v) is 3.75. The molecule has 1 aromatic carbocycles. The number of rotatable bonds is 1. The first kappa shape index (κ1) is 15.8. The van der Waals surface area contributed by atoms with Gasteiger partial charge in [0.05, 0.1) is 0 Å². The van der Waals surface area contributed by atoms with E-state index in [1.807, 2.05) is 0 Å². The Bertz CT molecular complexity index is 523. The van der Waals surface area contributed by atoms with E-state index >= 15 is 0 Å². The Morgan fingerprint density at radius 1 is 1.00 bits per heavy atom. The van der Waals surface area contributed by atoms with Crippen molar-refractivity contribution in [1.29, 1.82) is 0 Å². The van der Waals surface area contributed by atoms with Crippen molar-refractivity contribution < 1.29 is 18.0 Å². The lowest BCUT2D eigenvalue weighted by Crippen LogP contribution is -2.54. The van der Waals surface area contributed by atoms with Crippen molar-refractivity contribution in [3.8, 4) is 0 Å². The Labute approximate surface area is 122 Å². The van der Waals surface area contributed by atoms with E-state index < -0.39 is 23.4 Å². The van der Waals surface area contributed by atoms with E-state index in [4.69, 9.17) is 0 Å². The molecule has 1 aliphatic rings. The normalized spacial score (nSPS) is 17.1. The summed E-state index contributed by atoms with van der Waals surface area (Å²) >= 11 is 0. The van der Waals surface area contributed by atoms with E-state index in [1.54, 1.807) is 0 Å². The number of amides is 1. The van der Waals surface area contributed by atoms with Gasteiger partial charge in [0.15, 0.2) is 17.5 Å². The van der Waals surface area contributed by atoms with Crippen LogP contribution in [0.15, 0.2) is 12.1 Å². The van der Waals surface area contributed by atoms with Crippen LogP contribution < -0.4 is 0 Å². The molecule has 1 aliphatic heterocycles. The molecule has 1 amide bonds. The van der Waals surface area contributed by atoms with Crippen molar-refractivity contribution in [1.82, 2.24) is 9.80 Å². The number of hydrogen-bond acceptors (Lipinski definition) is 2. The van der Waals surface area contributed by atoms with Crippen molar-refractivity contribution in [3.05, 3.63) is 35.1 Å². The summed E-state index contributed by atoms with van der Waals surface area (Å²) in [6, 6.07) is 1.49. The van der Waals surface area contributed by atoms with Crippen LogP contribution in [0.2, 0.25) is 0 Å². The zero-order valence-corrected chi connectivity index (χ0v) is 12.4. The number of carbonyl (C=O) groups is 1. The highest BCUT2D eigenvalue weighted by Gasteiger charge is 2.28. The highest BCUT2D eigenvalue weighted by atomic mass is 19.2. The molecule has 6 heteroatoms. The Morgan fingerprint density at radius 3 is 1.90 bits per heavy atom. The van der Waals surface area contributed by atoms with E-state index in [1.165, 1.54) is 4.90 Å². The van der Waals surface area contributed by atoms with Gasteiger partial charge in [-0.15, -0.1) is 0 Å². The molecule has 0 aliphatic carbocycles. The number of halogens is 3. The number of piperazine rings is 1. The Balaban J connectivity index is 2.09. The first-order valence-electron chi connectivity index (χ1n) is 6.89. The van der Waals surface area contributed by atoms with Gasteiger partial charge in [-0.25, -0.2) is 13.2 Å². The monoisotopic (exact) mass is 300 g/mol. The fourth-order valence-corrected chi connectivity index (χ4v) is 2.44. The van der Waals surface area contributed by atoms with Crippen LogP contribution in [0.3, 0.4) is 0 Å². The molecule has 1 heterocycles. The minimum atomic E-state index is -1.55. The molecule has 0 unspecified atom stereocenters. The molecule has 0 spiro atoms. The molecule has 0 N–H and O–H groups in total. The van der Waals surface area contributed by atoms with Crippen LogP contribution in [-0.2, 0) is 0 Å². The summed E-state index contributed by atoms with van der Waals surface area (Å²) in [6.45, 7) is 8.63. The summed E-state index contributed by atoms with van der Waals surface area (Å²) in [6.07, 6.45) is 0. The van der Waals surface area contributed by atoms with Gasteiger partial charge < -0.3 is 4.90 Å². The zero-order valence-electron chi connectivity index (χ0n) is 12.4. The lowest BCUT2D eigenvalue weighted by Gasteiger charge is -2.42. The molecule has 0 radical (unpaired) electrons. The molecule has 0 aromatic heterocycles. The number of benzene rings is 1. The Morgan fingerprint density at radius 2 is 1.48 bits per heavy atom. The van der Waals surface area contributed by atoms with Crippen LogP contribution in [0.1, 0.15) is 31.1 Å². The summed E-state index contributed by atoms with van der Waals surface area (Å²) in [4.78, 5) is 16.0. The van der Waals surface area contributed by atoms with Crippen LogP contribution in [0.25, 0.3) is 0 Å². The van der Waals surface area contributed by atoms with Crippen LogP contribution in [0, 0.1) is 17.5 Å². The van der Waals surface area contributed by atoms with Crippen LogP contribution in [0.5, 0.6) is 0 Å². The fraction of sp³-hybridized carbons (Fsp3) is 0.533. The van der Waals surface area contributed by atoms with E-state index in [2.05, 4.69) is 25.7 Å². The van der Waals surface area contributed by atoms with Gasteiger partial charge in [-0.3, -0.25) is 9.69 Å². The van der Waals surface area contributed by atoms with Gasteiger partial charge in [0.2, 0.25) is 0 Å².